The van der Waals surface area contributed by atoms with Crippen LogP contribution in [-0.4, -0.2) is 48.2 Å². The first-order valence-electron chi connectivity index (χ1n) is 6.41. The quantitative estimate of drug-likeness (QED) is 0.863. The van der Waals surface area contributed by atoms with Gasteiger partial charge in [0.25, 0.3) is 0 Å². The van der Waals surface area contributed by atoms with E-state index in [9.17, 15) is 4.79 Å². The van der Waals surface area contributed by atoms with Gasteiger partial charge in [0.1, 0.15) is 5.69 Å². The molecule has 0 unspecified atom stereocenters. The van der Waals surface area contributed by atoms with Gasteiger partial charge in [-0.2, -0.15) is 0 Å². The molecule has 1 N–H and O–H groups in total. The van der Waals surface area contributed by atoms with Crippen molar-refractivity contribution in [2.45, 2.75) is 18.6 Å². The van der Waals surface area contributed by atoms with Crippen LogP contribution < -0.4 is 4.90 Å². The smallest absolute Gasteiger partial charge is 0.354 e. The van der Waals surface area contributed by atoms with Crippen molar-refractivity contribution in [2.24, 2.45) is 0 Å². The van der Waals surface area contributed by atoms with Crippen LogP contribution in [-0.2, 0) is 9.47 Å². The number of nitrogens with zero attached hydrogens (tertiary/aromatic N) is 2. The van der Waals surface area contributed by atoms with Gasteiger partial charge in [-0.25, -0.2) is 9.78 Å². The Hall–Kier alpha value is -1.66. The third kappa shape index (κ3) is 2.41. The van der Waals surface area contributed by atoms with Crippen molar-refractivity contribution in [3.05, 3.63) is 24.0 Å². The molecule has 1 aromatic heterocycles. The Morgan fingerprint density at radius 1 is 1.32 bits per heavy atom. The van der Waals surface area contributed by atoms with E-state index < -0.39 is 11.8 Å². The van der Waals surface area contributed by atoms with Crippen molar-refractivity contribution < 1.29 is 19.4 Å². The summed E-state index contributed by atoms with van der Waals surface area (Å²) in [5.41, 5.74) is 0.964. The normalized spacial score (nSPS) is 21.8. The zero-order chi connectivity index (χ0) is 13.3. The number of rotatable bonds is 2. The maximum Gasteiger partial charge on any atom is 0.354 e. The highest BCUT2D eigenvalue weighted by atomic mass is 16.7. The molecule has 6 nitrogen and oxygen atoms in total. The van der Waals surface area contributed by atoms with Gasteiger partial charge < -0.3 is 19.5 Å². The molecule has 2 aliphatic heterocycles. The van der Waals surface area contributed by atoms with E-state index in [2.05, 4.69) is 9.88 Å². The first kappa shape index (κ1) is 12.4. The Balaban J connectivity index is 1.71. The highest BCUT2D eigenvalue weighted by Crippen LogP contribution is 2.33. The van der Waals surface area contributed by atoms with Crippen molar-refractivity contribution >= 4 is 11.7 Å². The molecule has 0 saturated carbocycles. The van der Waals surface area contributed by atoms with Gasteiger partial charge in [-0.05, 0) is 12.1 Å². The van der Waals surface area contributed by atoms with Crippen LogP contribution in [0.4, 0.5) is 5.69 Å². The molecule has 0 aromatic carbocycles. The Morgan fingerprint density at radius 3 is 2.63 bits per heavy atom. The molecule has 0 radical (unpaired) electrons. The minimum Gasteiger partial charge on any atom is -0.477 e. The van der Waals surface area contributed by atoms with Gasteiger partial charge in [0.05, 0.1) is 13.2 Å². The van der Waals surface area contributed by atoms with Gasteiger partial charge in [-0.3, -0.25) is 0 Å². The monoisotopic (exact) mass is 264 g/mol. The molecule has 0 aliphatic carbocycles. The predicted molar refractivity (Wildman–Crippen MR) is 67.3 cm³/mol. The van der Waals surface area contributed by atoms with Crippen molar-refractivity contribution in [3.63, 3.8) is 0 Å². The molecule has 2 fully saturated rings. The molecule has 1 spiro atoms. The van der Waals surface area contributed by atoms with E-state index in [0.29, 0.717) is 13.2 Å². The van der Waals surface area contributed by atoms with Crippen LogP contribution in [0.1, 0.15) is 23.3 Å². The first-order valence-corrected chi connectivity index (χ1v) is 6.41. The average Bonchev–Trinajstić information content (AvgIpc) is 2.88. The standard InChI is InChI=1S/C13H16N2O4/c16-12(17)11-9-10(1-4-14-11)15-5-2-13(3-6-15)18-7-8-19-13/h1,4,9H,2-3,5-8H2,(H,16,17). The molecule has 102 valence electrons. The number of hydrogen-bond acceptors (Lipinski definition) is 5. The molecule has 2 saturated heterocycles. The van der Waals surface area contributed by atoms with E-state index >= 15 is 0 Å². The van der Waals surface area contributed by atoms with Crippen molar-refractivity contribution in [2.75, 3.05) is 31.2 Å². The summed E-state index contributed by atoms with van der Waals surface area (Å²) in [5, 5.41) is 8.95. The number of piperidine rings is 1. The molecule has 2 aliphatic rings. The number of aromatic carboxylic acids is 1. The van der Waals surface area contributed by atoms with Crippen LogP contribution in [0.25, 0.3) is 0 Å². The summed E-state index contributed by atoms with van der Waals surface area (Å²) in [6.45, 7) is 2.92. The second-order valence-electron chi connectivity index (χ2n) is 4.80. The summed E-state index contributed by atoms with van der Waals surface area (Å²) in [6.07, 6.45) is 3.14. The lowest BCUT2D eigenvalue weighted by Gasteiger charge is -2.38. The zero-order valence-electron chi connectivity index (χ0n) is 10.5. The van der Waals surface area contributed by atoms with E-state index in [0.717, 1.165) is 31.6 Å². The van der Waals surface area contributed by atoms with E-state index in [1.165, 1.54) is 6.20 Å². The van der Waals surface area contributed by atoms with Crippen molar-refractivity contribution in [1.82, 2.24) is 4.98 Å². The van der Waals surface area contributed by atoms with E-state index in [4.69, 9.17) is 14.6 Å². The Kier molecular flexibility index (Phi) is 3.12. The molecule has 1 aromatic rings. The summed E-state index contributed by atoms with van der Waals surface area (Å²) < 4.78 is 11.3. The predicted octanol–water partition coefficient (Wildman–Crippen LogP) is 1.12. The van der Waals surface area contributed by atoms with Gasteiger partial charge in [0, 0.05) is 37.8 Å². The van der Waals surface area contributed by atoms with E-state index in [1.54, 1.807) is 6.07 Å². The topological polar surface area (TPSA) is 71.9 Å². The SMILES string of the molecule is O=C(O)c1cc(N2CCC3(CC2)OCCO3)ccn1. The van der Waals surface area contributed by atoms with Crippen LogP contribution in [0.5, 0.6) is 0 Å². The number of aromatic nitrogens is 1. The number of carbonyl (C=O) groups is 1. The number of ether oxygens (including phenoxy) is 2. The maximum atomic E-state index is 10.9. The Labute approximate surface area is 111 Å². The summed E-state index contributed by atoms with van der Waals surface area (Å²) >= 11 is 0. The van der Waals surface area contributed by atoms with Crippen LogP contribution >= 0.6 is 0 Å². The molecule has 19 heavy (non-hydrogen) atoms. The fourth-order valence-corrected chi connectivity index (χ4v) is 2.62. The molecule has 3 heterocycles. The molecule has 0 bridgehead atoms. The molecule has 3 rings (SSSR count). The lowest BCUT2D eigenvalue weighted by molar-refractivity contribution is -0.169. The lowest BCUT2D eigenvalue weighted by Crippen LogP contribution is -2.45. The number of pyridine rings is 1. The van der Waals surface area contributed by atoms with Crippen LogP contribution in [0.3, 0.4) is 0 Å². The largest absolute Gasteiger partial charge is 0.477 e. The van der Waals surface area contributed by atoms with Gasteiger partial charge in [0.15, 0.2) is 5.79 Å². The van der Waals surface area contributed by atoms with Gasteiger partial charge >= 0.3 is 5.97 Å². The van der Waals surface area contributed by atoms with E-state index in [1.807, 2.05) is 6.07 Å². The van der Waals surface area contributed by atoms with Gasteiger partial charge in [0.2, 0.25) is 0 Å². The number of anilines is 1. The highest BCUT2D eigenvalue weighted by molar-refractivity contribution is 5.86. The first-order chi connectivity index (χ1) is 9.19. The fourth-order valence-electron chi connectivity index (χ4n) is 2.62. The van der Waals surface area contributed by atoms with Crippen LogP contribution in [0.2, 0.25) is 0 Å². The van der Waals surface area contributed by atoms with Crippen molar-refractivity contribution in [3.8, 4) is 0 Å². The molecular weight excluding hydrogens is 248 g/mol. The molecule has 0 amide bonds. The lowest BCUT2D eigenvalue weighted by atomic mass is 10.0. The van der Waals surface area contributed by atoms with Gasteiger partial charge in [-0.15, -0.1) is 0 Å². The minimum atomic E-state index is -1.00. The Bertz CT molecular complexity index is 475. The molecule has 6 heteroatoms. The number of hydrogen-bond donors (Lipinski definition) is 1. The summed E-state index contributed by atoms with van der Waals surface area (Å²) in [6, 6.07) is 3.44. The molecular formula is C13H16N2O4. The third-order valence-electron chi connectivity index (χ3n) is 3.67. The maximum absolute atomic E-state index is 10.9. The summed E-state index contributed by atoms with van der Waals surface area (Å²) in [7, 11) is 0. The van der Waals surface area contributed by atoms with Crippen molar-refractivity contribution in [1.29, 1.82) is 0 Å². The van der Waals surface area contributed by atoms with Crippen LogP contribution in [0.15, 0.2) is 18.3 Å². The third-order valence-corrected chi connectivity index (χ3v) is 3.67. The minimum absolute atomic E-state index is 0.0751. The van der Waals surface area contributed by atoms with Crippen LogP contribution in [0, 0.1) is 0 Å². The summed E-state index contributed by atoms with van der Waals surface area (Å²) in [5.74, 6) is -1.41. The van der Waals surface area contributed by atoms with Gasteiger partial charge in [-0.1, -0.05) is 0 Å². The zero-order valence-corrected chi connectivity index (χ0v) is 10.5. The number of carboxylic acids is 1. The van der Waals surface area contributed by atoms with E-state index in [-0.39, 0.29) is 5.69 Å². The Morgan fingerprint density at radius 2 is 2.00 bits per heavy atom. The fraction of sp³-hybridized carbons (Fsp3) is 0.538. The highest BCUT2D eigenvalue weighted by Gasteiger charge is 2.39. The second-order valence-corrected chi connectivity index (χ2v) is 4.80. The average molecular weight is 264 g/mol. The molecule has 0 atom stereocenters. The summed E-state index contributed by atoms with van der Waals surface area (Å²) in [4.78, 5) is 16.9. The number of carboxylic acid groups (broad SMARTS) is 1. The second kappa shape index (κ2) is 4.79.